The van der Waals surface area contributed by atoms with Crippen LogP contribution in [0.4, 0.5) is 11.4 Å². The van der Waals surface area contributed by atoms with Crippen molar-refractivity contribution in [3.8, 4) is 0 Å². The SMILES string of the molecule is O=C1Nc2cc(Br)ccc2N=C(c2ccccc2)C1Br. The van der Waals surface area contributed by atoms with Crippen molar-refractivity contribution < 1.29 is 4.79 Å². The molecule has 1 heterocycles. The molecule has 1 aliphatic heterocycles. The van der Waals surface area contributed by atoms with E-state index in [0.29, 0.717) is 11.4 Å². The summed E-state index contributed by atoms with van der Waals surface area (Å²) in [5.74, 6) is -0.121. The molecule has 0 radical (unpaired) electrons. The fourth-order valence-corrected chi connectivity index (χ4v) is 2.87. The zero-order valence-corrected chi connectivity index (χ0v) is 13.5. The Hall–Kier alpha value is -1.46. The standard InChI is InChI=1S/C15H10Br2N2O/c16-10-6-7-11-12(8-10)19-15(20)13(17)14(18-11)9-4-2-1-3-5-9/h1-8,13H,(H,19,20). The van der Waals surface area contributed by atoms with Crippen LogP contribution in [0.5, 0.6) is 0 Å². The number of rotatable bonds is 1. The fourth-order valence-electron chi connectivity index (χ4n) is 2.03. The van der Waals surface area contributed by atoms with E-state index >= 15 is 0 Å². The first kappa shape index (κ1) is 13.5. The molecule has 0 fully saturated rings. The number of halogens is 2. The number of hydrogen-bond donors (Lipinski definition) is 1. The van der Waals surface area contributed by atoms with E-state index < -0.39 is 4.83 Å². The Morgan fingerprint density at radius 3 is 2.60 bits per heavy atom. The fraction of sp³-hybridized carbons (Fsp3) is 0.0667. The van der Waals surface area contributed by atoms with Gasteiger partial charge in [-0.15, -0.1) is 0 Å². The Labute approximate surface area is 133 Å². The summed E-state index contributed by atoms with van der Waals surface area (Å²) in [4.78, 5) is 16.4. The third kappa shape index (κ3) is 2.55. The van der Waals surface area contributed by atoms with Crippen LogP contribution in [0.25, 0.3) is 0 Å². The topological polar surface area (TPSA) is 41.5 Å². The Morgan fingerprint density at radius 2 is 1.85 bits per heavy atom. The molecular weight excluding hydrogens is 384 g/mol. The van der Waals surface area contributed by atoms with E-state index in [9.17, 15) is 4.79 Å². The third-order valence-corrected chi connectivity index (χ3v) is 4.34. The van der Waals surface area contributed by atoms with Gasteiger partial charge >= 0.3 is 0 Å². The van der Waals surface area contributed by atoms with Gasteiger partial charge in [-0.1, -0.05) is 62.2 Å². The van der Waals surface area contributed by atoms with Crippen molar-refractivity contribution in [3.05, 3.63) is 58.6 Å². The lowest BCUT2D eigenvalue weighted by atomic mass is 10.1. The number of benzene rings is 2. The maximum absolute atomic E-state index is 12.2. The molecule has 1 unspecified atom stereocenters. The number of carbonyl (C=O) groups is 1. The molecule has 0 aromatic heterocycles. The molecule has 100 valence electrons. The van der Waals surface area contributed by atoms with Crippen molar-refractivity contribution in [2.75, 3.05) is 5.32 Å². The molecule has 1 atom stereocenters. The minimum atomic E-state index is -0.476. The smallest absolute Gasteiger partial charge is 0.244 e. The van der Waals surface area contributed by atoms with E-state index in [1.165, 1.54) is 0 Å². The van der Waals surface area contributed by atoms with Crippen molar-refractivity contribution in [2.24, 2.45) is 4.99 Å². The minimum absolute atomic E-state index is 0.121. The zero-order valence-electron chi connectivity index (χ0n) is 10.3. The second-order valence-electron chi connectivity index (χ2n) is 4.38. The molecule has 1 aliphatic rings. The lowest BCUT2D eigenvalue weighted by Crippen LogP contribution is -2.29. The molecule has 2 aromatic carbocycles. The van der Waals surface area contributed by atoms with Crippen molar-refractivity contribution in [1.29, 1.82) is 0 Å². The Kier molecular flexibility index (Phi) is 3.72. The largest absolute Gasteiger partial charge is 0.323 e. The van der Waals surface area contributed by atoms with Gasteiger partial charge in [-0.2, -0.15) is 0 Å². The Morgan fingerprint density at radius 1 is 1.10 bits per heavy atom. The normalized spacial score (nSPS) is 17.8. The predicted molar refractivity (Wildman–Crippen MR) is 88.1 cm³/mol. The summed E-state index contributed by atoms with van der Waals surface area (Å²) in [5, 5.41) is 2.88. The van der Waals surface area contributed by atoms with Gasteiger partial charge in [0.05, 0.1) is 17.1 Å². The van der Waals surface area contributed by atoms with E-state index in [4.69, 9.17) is 0 Å². The van der Waals surface area contributed by atoms with Crippen molar-refractivity contribution in [1.82, 2.24) is 0 Å². The molecule has 0 bridgehead atoms. The monoisotopic (exact) mass is 392 g/mol. The van der Waals surface area contributed by atoms with Crippen LogP contribution in [-0.4, -0.2) is 16.4 Å². The first-order chi connectivity index (χ1) is 9.65. The van der Waals surface area contributed by atoms with Gasteiger partial charge in [0.15, 0.2) is 0 Å². The number of nitrogens with one attached hydrogen (secondary N) is 1. The van der Waals surface area contributed by atoms with Crippen molar-refractivity contribution in [3.63, 3.8) is 0 Å². The summed E-state index contributed by atoms with van der Waals surface area (Å²) in [5.41, 5.74) is 3.10. The van der Waals surface area contributed by atoms with Gasteiger partial charge in [0.1, 0.15) is 4.83 Å². The van der Waals surface area contributed by atoms with Crippen LogP contribution in [0.3, 0.4) is 0 Å². The van der Waals surface area contributed by atoms with Gasteiger partial charge < -0.3 is 5.32 Å². The second kappa shape index (κ2) is 5.50. The Bertz CT molecular complexity index is 698. The van der Waals surface area contributed by atoms with Crippen molar-refractivity contribution >= 4 is 54.9 Å². The average Bonchev–Trinajstić information content (AvgIpc) is 2.57. The maximum atomic E-state index is 12.2. The van der Waals surface area contributed by atoms with E-state index in [2.05, 4.69) is 42.2 Å². The van der Waals surface area contributed by atoms with E-state index in [1.54, 1.807) is 0 Å². The van der Waals surface area contributed by atoms with Crippen LogP contribution < -0.4 is 5.32 Å². The van der Waals surface area contributed by atoms with Crippen LogP contribution in [0.15, 0.2) is 58.0 Å². The number of aliphatic imine (C=N–C) groups is 1. The second-order valence-corrected chi connectivity index (χ2v) is 6.21. The van der Waals surface area contributed by atoms with E-state index in [-0.39, 0.29) is 5.91 Å². The predicted octanol–water partition coefficient (Wildman–Crippen LogP) is 4.29. The van der Waals surface area contributed by atoms with Gasteiger partial charge in [-0.25, -0.2) is 4.99 Å². The van der Waals surface area contributed by atoms with Crippen LogP contribution in [-0.2, 0) is 4.79 Å². The summed E-state index contributed by atoms with van der Waals surface area (Å²) >= 11 is 6.83. The molecule has 0 saturated heterocycles. The molecule has 0 saturated carbocycles. The van der Waals surface area contributed by atoms with Gasteiger partial charge in [0, 0.05) is 4.47 Å². The third-order valence-electron chi connectivity index (χ3n) is 3.00. The summed E-state index contributed by atoms with van der Waals surface area (Å²) in [7, 11) is 0. The minimum Gasteiger partial charge on any atom is -0.323 e. The number of amides is 1. The van der Waals surface area contributed by atoms with Crippen LogP contribution in [0, 0.1) is 0 Å². The highest BCUT2D eigenvalue weighted by Gasteiger charge is 2.26. The Balaban J connectivity index is 2.16. The first-order valence-corrected chi connectivity index (χ1v) is 7.74. The zero-order chi connectivity index (χ0) is 14.1. The molecule has 0 aliphatic carbocycles. The van der Waals surface area contributed by atoms with Crippen LogP contribution >= 0.6 is 31.9 Å². The lowest BCUT2D eigenvalue weighted by molar-refractivity contribution is -0.114. The molecule has 0 spiro atoms. The number of fused-ring (bicyclic) bond motifs is 1. The number of alkyl halides is 1. The van der Waals surface area contributed by atoms with Gasteiger partial charge in [-0.3, -0.25) is 4.79 Å². The quantitative estimate of drug-likeness (QED) is 0.721. The molecule has 3 nitrogen and oxygen atoms in total. The summed E-state index contributed by atoms with van der Waals surface area (Å²) in [6.07, 6.45) is 0. The molecule has 1 amide bonds. The number of carbonyl (C=O) groups excluding carboxylic acids is 1. The summed E-state index contributed by atoms with van der Waals surface area (Å²) in [6, 6.07) is 15.3. The summed E-state index contributed by atoms with van der Waals surface area (Å²) < 4.78 is 0.904. The van der Waals surface area contributed by atoms with E-state index in [1.807, 2.05) is 48.5 Å². The van der Waals surface area contributed by atoms with Crippen molar-refractivity contribution in [2.45, 2.75) is 4.83 Å². The van der Waals surface area contributed by atoms with Gasteiger partial charge in [0.25, 0.3) is 0 Å². The number of nitrogens with zero attached hydrogens (tertiary/aromatic N) is 1. The van der Waals surface area contributed by atoms with Crippen LogP contribution in [0.2, 0.25) is 0 Å². The lowest BCUT2D eigenvalue weighted by Gasteiger charge is -2.09. The average molecular weight is 394 g/mol. The highest BCUT2D eigenvalue weighted by atomic mass is 79.9. The van der Waals surface area contributed by atoms with Gasteiger partial charge in [-0.05, 0) is 23.8 Å². The maximum Gasteiger partial charge on any atom is 0.244 e. The molecule has 1 N–H and O–H groups in total. The van der Waals surface area contributed by atoms with E-state index in [0.717, 1.165) is 15.7 Å². The van der Waals surface area contributed by atoms with Gasteiger partial charge in [0.2, 0.25) is 5.91 Å². The number of hydrogen-bond acceptors (Lipinski definition) is 2. The molecule has 3 rings (SSSR count). The first-order valence-electron chi connectivity index (χ1n) is 6.03. The van der Waals surface area contributed by atoms with Crippen LogP contribution in [0.1, 0.15) is 5.56 Å². The summed E-state index contributed by atoms with van der Waals surface area (Å²) in [6.45, 7) is 0. The highest BCUT2D eigenvalue weighted by molar-refractivity contribution is 9.10. The molecule has 2 aromatic rings. The highest BCUT2D eigenvalue weighted by Crippen LogP contribution is 2.33. The molecule has 20 heavy (non-hydrogen) atoms. The number of anilines is 1. The molecule has 5 heteroatoms. The molecular formula is C15H10Br2N2O.